The molecule has 0 atom stereocenters. The van der Waals surface area contributed by atoms with Gasteiger partial charge in [-0.2, -0.15) is 5.26 Å². The van der Waals surface area contributed by atoms with Gasteiger partial charge in [-0.1, -0.05) is 0 Å². The third kappa shape index (κ3) is 4.18. The van der Waals surface area contributed by atoms with Crippen LogP contribution in [0.25, 0.3) is 0 Å². The molecule has 1 heterocycles. The van der Waals surface area contributed by atoms with Crippen molar-refractivity contribution in [2.45, 2.75) is 6.92 Å². The van der Waals surface area contributed by atoms with Crippen LogP contribution >= 0.6 is 11.3 Å². The fourth-order valence-corrected chi connectivity index (χ4v) is 2.56. The molecule has 0 aliphatic rings. The van der Waals surface area contributed by atoms with Crippen molar-refractivity contribution in [3.63, 3.8) is 0 Å². The van der Waals surface area contributed by atoms with Gasteiger partial charge in [0.05, 0.1) is 23.8 Å². The number of nitrogens with one attached hydrogen (secondary N) is 2. The predicted molar refractivity (Wildman–Crippen MR) is 87.9 cm³/mol. The summed E-state index contributed by atoms with van der Waals surface area (Å²) < 4.78 is 4.64. The highest BCUT2D eigenvalue weighted by atomic mass is 32.1. The first kappa shape index (κ1) is 17.2. The Kier molecular flexibility index (Phi) is 5.65. The van der Waals surface area contributed by atoms with E-state index >= 15 is 0 Å². The number of benzene rings is 1. The van der Waals surface area contributed by atoms with E-state index in [1.54, 1.807) is 12.3 Å². The van der Waals surface area contributed by atoms with E-state index < -0.39 is 17.9 Å². The summed E-state index contributed by atoms with van der Waals surface area (Å²) in [5.74, 6) is -1.09. The van der Waals surface area contributed by atoms with Crippen LogP contribution in [0, 0.1) is 11.3 Å². The second-order valence-corrected chi connectivity index (χ2v) is 5.40. The molecule has 3 amide bonds. The van der Waals surface area contributed by atoms with Crippen LogP contribution in [0.1, 0.15) is 33.2 Å². The summed E-state index contributed by atoms with van der Waals surface area (Å²) in [5.41, 5.74) is 0.950. The van der Waals surface area contributed by atoms with E-state index in [1.807, 2.05) is 6.07 Å². The van der Waals surface area contributed by atoms with Gasteiger partial charge < -0.3 is 10.1 Å². The SMILES string of the molecule is CCOC(=O)NC(=O)c1ccsc1NC(=O)c1ccc(C#N)cc1. The first-order chi connectivity index (χ1) is 11.5. The first-order valence-corrected chi connectivity index (χ1v) is 7.80. The van der Waals surface area contributed by atoms with Gasteiger partial charge in [-0.05, 0) is 42.6 Å². The van der Waals surface area contributed by atoms with E-state index in [0.717, 1.165) is 11.3 Å². The van der Waals surface area contributed by atoms with Crippen LogP contribution in [-0.4, -0.2) is 24.5 Å². The lowest BCUT2D eigenvalue weighted by atomic mass is 10.1. The Morgan fingerprint density at radius 1 is 1.17 bits per heavy atom. The number of imide groups is 1. The number of anilines is 1. The summed E-state index contributed by atoms with van der Waals surface area (Å²) >= 11 is 1.15. The minimum atomic E-state index is -0.849. The fraction of sp³-hybridized carbons (Fsp3) is 0.125. The zero-order chi connectivity index (χ0) is 17.5. The summed E-state index contributed by atoms with van der Waals surface area (Å²) in [6.45, 7) is 1.77. The number of hydrogen-bond acceptors (Lipinski definition) is 6. The van der Waals surface area contributed by atoms with Gasteiger partial charge in [0.15, 0.2) is 0 Å². The lowest BCUT2D eigenvalue weighted by Gasteiger charge is -2.07. The van der Waals surface area contributed by atoms with Gasteiger partial charge in [0.2, 0.25) is 0 Å². The molecule has 2 N–H and O–H groups in total. The predicted octanol–water partition coefficient (Wildman–Crippen LogP) is 2.76. The Labute approximate surface area is 141 Å². The highest BCUT2D eigenvalue weighted by molar-refractivity contribution is 7.14. The first-order valence-electron chi connectivity index (χ1n) is 6.92. The number of thiophene rings is 1. The molecule has 0 radical (unpaired) electrons. The average Bonchev–Trinajstić information content (AvgIpc) is 3.03. The number of rotatable bonds is 4. The van der Waals surface area contributed by atoms with Crippen molar-refractivity contribution in [2.24, 2.45) is 0 Å². The van der Waals surface area contributed by atoms with E-state index in [-0.39, 0.29) is 12.2 Å². The second kappa shape index (κ2) is 7.89. The van der Waals surface area contributed by atoms with Crippen molar-refractivity contribution >= 4 is 34.2 Å². The molecule has 0 bridgehead atoms. The molecule has 0 unspecified atom stereocenters. The molecule has 122 valence electrons. The summed E-state index contributed by atoms with van der Waals surface area (Å²) in [6.07, 6.45) is -0.849. The average molecular weight is 343 g/mol. The molecule has 2 aromatic rings. The highest BCUT2D eigenvalue weighted by Crippen LogP contribution is 2.24. The Bertz CT molecular complexity index is 805. The van der Waals surface area contributed by atoms with Crippen molar-refractivity contribution < 1.29 is 19.1 Å². The van der Waals surface area contributed by atoms with Crippen molar-refractivity contribution in [1.29, 1.82) is 5.26 Å². The van der Waals surface area contributed by atoms with Gasteiger partial charge in [0.1, 0.15) is 5.00 Å². The van der Waals surface area contributed by atoms with E-state index in [4.69, 9.17) is 5.26 Å². The number of carbonyl (C=O) groups excluding carboxylic acids is 3. The van der Waals surface area contributed by atoms with E-state index in [9.17, 15) is 14.4 Å². The highest BCUT2D eigenvalue weighted by Gasteiger charge is 2.18. The minimum absolute atomic E-state index is 0.144. The van der Waals surface area contributed by atoms with Crippen LogP contribution in [0.2, 0.25) is 0 Å². The van der Waals surface area contributed by atoms with E-state index in [2.05, 4.69) is 15.4 Å². The van der Waals surface area contributed by atoms with Gasteiger partial charge in [-0.15, -0.1) is 11.3 Å². The van der Waals surface area contributed by atoms with Gasteiger partial charge in [-0.25, -0.2) is 4.79 Å². The number of carbonyl (C=O) groups is 3. The van der Waals surface area contributed by atoms with E-state index in [0.29, 0.717) is 16.1 Å². The zero-order valence-corrected chi connectivity index (χ0v) is 13.5. The van der Waals surface area contributed by atoms with Crippen LogP contribution in [-0.2, 0) is 4.74 Å². The molecule has 2 rings (SSSR count). The fourth-order valence-electron chi connectivity index (χ4n) is 1.78. The smallest absolute Gasteiger partial charge is 0.414 e. The summed E-state index contributed by atoms with van der Waals surface area (Å²) in [4.78, 5) is 35.5. The molecule has 0 aliphatic carbocycles. The Hall–Kier alpha value is -3.18. The van der Waals surface area contributed by atoms with Gasteiger partial charge in [-0.3, -0.25) is 14.9 Å². The lowest BCUT2D eigenvalue weighted by Crippen LogP contribution is -2.31. The van der Waals surface area contributed by atoms with Crippen molar-refractivity contribution in [2.75, 3.05) is 11.9 Å². The lowest BCUT2D eigenvalue weighted by molar-refractivity contribution is 0.0926. The van der Waals surface area contributed by atoms with Gasteiger partial charge in [0, 0.05) is 5.56 Å². The molecule has 8 heteroatoms. The molecule has 24 heavy (non-hydrogen) atoms. The molecule has 0 spiro atoms. The number of amides is 3. The monoisotopic (exact) mass is 343 g/mol. The number of nitriles is 1. The maximum absolute atomic E-state index is 12.2. The third-order valence-corrected chi connectivity index (χ3v) is 3.73. The molecule has 0 saturated carbocycles. The van der Waals surface area contributed by atoms with Gasteiger partial charge >= 0.3 is 6.09 Å². The summed E-state index contributed by atoms with van der Waals surface area (Å²) in [5, 5.41) is 15.4. The molecule has 0 aliphatic heterocycles. The Balaban J connectivity index is 2.09. The maximum Gasteiger partial charge on any atom is 0.414 e. The quantitative estimate of drug-likeness (QED) is 0.887. The second-order valence-electron chi connectivity index (χ2n) is 4.48. The largest absolute Gasteiger partial charge is 0.450 e. The minimum Gasteiger partial charge on any atom is -0.450 e. The number of alkyl carbamates (subject to hydrolysis) is 1. The van der Waals surface area contributed by atoms with Crippen LogP contribution in [0.4, 0.5) is 9.80 Å². The normalized spacial score (nSPS) is 9.67. The molecular weight excluding hydrogens is 330 g/mol. The van der Waals surface area contributed by atoms with E-state index in [1.165, 1.54) is 30.3 Å². The Morgan fingerprint density at radius 2 is 1.88 bits per heavy atom. The van der Waals surface area contributed by atoms with Crippen molar-refractivity contribution in [3.05, 3.63) is 52.4 Å². The number of ether oxygens (including phenoxy) is 1. The molecule has 7 nitrogen and oxygen atoms in total. The number of hydrogen-bond donors (Lipinski definition) is 2. The third-order valence-electron chi connectivity index (χ3n) is 2.90. The van der Waals surface area contributed by atoms with Gasteiger partial charge in [0.25, 0.3) is 11.8 Å². The standard InChI is InChI=1S/C16H13N3O4S/c1-2-23-16(22)19-14(21)12-7-8-24-15(12)18-13(20)11-5-3-10(9-17)4-6-11/h3-8H,2H2,1H3,(H,18,20)(H,19,21,22). The van der Waals surface area contributed by atoms with Crippen molar-refractivity contribution in [3.8, 4) is 6.07 Å². The van der Waals surface area contributed by atoms with Crippen LogP contribution in [0.15, 0.2) is 35.7 Å². The molecule has 1 aromatic heterocycles. The number of nitrogens with zero attached hydrogens (tertiary/aromatic N) is 1. The zero-order valence-electron chi connectivity index (χ0n) is 12.7. The molecular formula is C16H13N3O4S. The molecule has 0 fully saturated rings. The maximum atomic E-state index is 12.2. The van der Waals surface area contributed by atoms with Crippen LogP contribution in [0.3, 0.4) is 0 Å². The van der Waals surface area contributed by atoms with Crippen molar-refractivity contribution in [1.82, 2.24) is 5.32 Å². The molecule has 0 saturated heterocycles. The van der Waals surface area contributed by atoms with Crippen LogP contribution < -0.4 is 10.6 Å². The summed E-state index contributed by atoms with van der Waals surface area (Å²) in [7, 11) is 0. The topological polar surface area (TPSA) is 108 Å². The van der Waals surface area contributed by atoms with Crippen LogP contribution in [0.5, 0.6) is 0 Å². The summed E-state index contributed by atoms with van der Waals surface area (Å²) in [6, 6.07) is 9.54. The molecule has 1 aromatic carbocycles. The Morgan fingerprint density at radius 3 is 2.50 bits per heavy atom.